The highest BCUT2D eigenvalue weighted by atomic mass is 19.1. The minimum atomic E-state index is -0.513. The number of aryl methyl sites for hydroxylation is 1. The quantitative estimate of drug-likeness (QED) is 0.564. The number of nitrogen functional groups attached to an aromatic ring is 1. The van der Waals surface area contributed by atoms with Crippen molar-refractivity contribution in [2.75, 3.05) is 12.3 Å². The summed E-state index contributed by atoms with van der Waals surface area (Å²) in [5.41, 5.74) is 5.95. The number of aromatic nitrogens is 2. The molecule has 0 spiro atoms. The molecule has 1 aromatic carbocycles. The second-order valence-corrected chi connectivity index (χ2v) is 4.17. The van der Waals surface area contributed by atoms with Gasteiger partial charge in [0.15, 0.2) is 0 Å². The van der Waals surface area contributed by atoms with Gasteiger partial charge in [0.05, 0.1) is 0 Å². The van der Waals surface area contributed by atoms with Gasteiger partial charge in [-0.25, -0.2) is 9.37 Å². The van der Waals surface area contributed by atoms with Crippen molar-refractivity contribution in [1.82, 2.24) is 15.3 Å². The Morgan fingerprint density at radius 1 is 1.42 bits per heavy atom. The number of nitrogens with one attached hydrogen (secondary N) is 2. The standard InChI is InChI=1S/C13H15FN4O/c14-10-6-9(7-11(15)8-10)13(19)18-3-1-2-12-16-4-5-17-12/h4-8H,1-3,15H2,(H,16,17)(H,18,19). The fraction of sp³-hybridized carbons (Fsp3) is 0.231. The van der Waals surface area contributed by atoms with Gasteiger partial charge in [-0.2, -0.15) is 0 Å². The van der Waals surface area contributed by atoms with E-state index in [1.807, 2.05) is 0 Å². The zero-order valence-electron chi connectivity index (χ0n) is 10.3. The molecule has 0 fully saturated rings. The maximum atomic E-state index is 13.1. The summed E-state index contributed by atoms with van der Waals surface area (Å²) in [7, 11) is 0. The van der Waals surface area contributed by atoms with Crippen LogP contribution < -0.4 is 11.1 Å². The van der Waals surface area contributed by atoms with Crippen LogP contribution in [0.5, 0.6) is 0 Å². The molecule has 0 aliphatic carbocycles. The zero-order valence-corrected chi connectivity index (χ0v) is 10.3. The number of H-pyrrole nitrogens is 1. The number of amides is 1. The SMILES string of the molecule is Nc1cc(F)cc(C(=O)NCCCc2ncc[nH]2)c1. The van der Waals surface area contributed by atoms with E-state index in [0.717, 1.165) is 24.7 Å². The summed E-state index contributed by atoms with van der Waals surface area (Å²) in [6.45, 7) is 0.496. The lowest BCUT2D eigenvalue weighted by molar-refractivity contribution is 0.0952. The predicted molar refractivity (Wildman–Crippen MR) is 70.1 cm³/mol. The molecule has 0 atom stereocenters. The molecule has 0 aliphatic rings. The molecule has 1 heterocycles. The number of benzene rings is 1. The van der Waals surface area contributed by atoms with E-state index in [0.29, 0.717) is 6.54 Å². The van der Waals surface area contributed by atoms with Crippen LogP contribution in [-0.4, -0.2) is 22.4 Å². The van der Waals surface area contributed by atoms with Crippen molar-refractivity contribution in [3.8, 4) is 0 Å². The minimum Gasteiger partial charge on any atom is -0.399 e. The van der Waals surface area contributed by atoms with Gasteiger partial charge in [-0.1, -0.05) is 0 Å². The van der Waals surface area contributed by atoms with Crippen molar-refractivity contribution in [3.05, 3.63) is 47.8 Å². The summed E-state index contributed by atoms with van der Waals surface area (Å²) in [6, 6.07) is 3.79. The van der Waals surface area contributed by atoms with Crippen LogP contribution in [0.1, 0.15) is 22.6 Å². The molecule has 0 saturated carbocycles. The fourth-order valence-electron chi connectivity index (χ4n) is 1.74. The maximum absolute atomic E-state index is 13.1. The Morgan fingerprint density at radius 2 is 2.26 bits per heavy atom. The first-order valence-corrected chi connectivity index (χ1v) is 5.97. The number of carbonyl (C=O) groups is 1. The number of carbonyl (C=O) groups excluding carboxylic acids is 1. The number of halogens is 1. The van der Waals surface area contributed by atoms with Gasteiger partial charge in [0.1, 0.15) is 11.6 Å². The normalized spacial score (nSPS) is 10.4. The molecule has 0 saturated heterocycles. The highest BCUT2D eigenvalue weighted by Crippen LogP contribution is 2.10. The van der Waals surface area contributed by atoms with Gasteiger partial charge in [0.2, 0.25) is 0 Å². The molecule has 100 valence electrons. The number of hydrogen-bond acceptors (Lipinski definition) is 3. The molecule has 2 aromatic rings. The molecule has 4 N–H and O–H groups in total. The highest BCUT2D eigenvalue weighted by Gasteiger charge is 2.07. The fourth-order valence-corrected chi connectivity index (χ4v) is 1.74. The second-order valence-electron chi connectivity index (χ2n) is 4.17. The number of nitrogens with two attached hydrogens (primary N) is 1. The molecule has 1 amide bonds. The van der Waals surface area contributed by atoms with Gasteiger partial charge in [-0.15, -0.1) is 0 Å². The topological polar surface area (TPSA) is 83.8 Å². The van der Waals surface area contributed by atoms with Gasteiger partial charge >= 0.3 is 0 Å². The average Bonchev–Trinajstić information content (AvgIpc) is 2.86. The molecule has 2 rings (SSSR count). The Kier molecular flexibility index (Phi) is 4.12. The Hall–Kier alpha value is -2.37. The average molecular weight is 262 g/mol. The summed E-state index contributed by atoms with van der Waals surface area (Å²) in [4.78, 5) is 18.8. The van der Waals surface area contributed by atoms with Crippen LogP contribution in [0.25, 0.3) is 0 Å². The minimum absolute atomic E-state index is 0.232. The Balaban J connectivity index is 1.80. The van der Waals surface area contributed by atoms with Gasteiger partial charge < -0.3 is 16.0 Å². The van der Waals surface area contributed by atoms with Crippen LogP contribution in [0.2, 0.25) is 0 Å². The molecule has 0 unspecified atom stereocenters. The van der Waals surface area contributed by atoms with Crippen molar-refractivity contribution in [2.24, 2.45) is 0 Å². The van der Waals surface area contributed by atoms with Crippen molar-refractivity contribution in [2.45, 2.75) is 12.8 Å². The van der Waals surface area contributed by atoms with E-state index in [-0.39, 0.29) is 17.2 Å². The molecule has 5 nitrogen and oxygen atoms in total. The van der Waals surface area contributed by atoms with Crippen molar-refractivity contribution < 1.29 is 9.18 Å². The van der Waals surface area contributed by atoms with Crippen LogP contribution in [0.3, 0.4) is 0 Å². The molecular weight excluding hydrogens is 247 g/mol. The van der Waals surface area contributed by atoms with E-state index in [1.54, 1.807) is 12.4 Å². The summed E-state index contributed by atoms with van der Waals surface area (Å²) >= 11 is 0. The van der Waals surface area contributed by atoms with Crippen LogP contribution in [0, 0.1) is 5.82 Å². The number of rotatable bonds is 5. The second kappa shape index (κ2) is 5.99. The summed E-state index contributed by atoms with van der Waals surface area (Å²) < 4.78 is 13.1. The number of nitrogens with zero attached hydrogens (tertiary/aromatic N) is 1. The third-order valence-corrected chi connectivity index (χ3v) is 2.61. The van der Waals surface area contributed by atoms with E-state index >= 15 is 0 Å². The van der Waals surface area contributed by atoms with Crippen LogP contribution >= 0.6 is 0 Å². The van der Waals surface area contributed by atoms with E-state index < -0.39 is 5.82 Å². The van der Waals surface area contributed by atoms with Gasteiger partial charge in [0.25, 0.3) is 5.91 Å². The third-order valence-electron chi connectivity index (χ3n) is 2.61. The monoisotopic (exact) mass is 262 g/mol. The predicted octanol–water partition coefficient (Wildman–Crippen LogP) is 1.49. The molecule has 0 radical (unpaired) electrons. The first-order valence-electron chi connectivity index (χ1n) is 5.97. The number of imidazole rings is 1. The molecule has 6 heteroatoms. The van der Waals surface area contributed by atoms with Gasteiger partial charge in [-0.3, -0.25) is 4.79 Å². The third kappa shape index (κ3) is 3.80. The number of aromatic amines is 1. The zero-order chi connectivity index (χ0) is 13.7. The van der Waals surface area contributed by atoms with Gasteiger partial charge in [-0.05, 0) is 24.6 Å². The molecule has 1 aromatic heterocycles. The first kappa shape index (κ1) is 13.1. The van der Waals surface area contributed by atoms with Gasteiger partial charge in [0, 0.05) is 36.6 Å². The first-order chi connectivity index (χ1) is 9.15. The summed E-state index contributed by atoms with van der Waals surface area (Å²) in [6.07, 6.45) is 4.94. The van der Waals surface area contributed by atoms with E-state index in [4.69, 9.17) is 5.73 Å². The van der Waals surface area contributed by atoms with E-state index in [9.17, 15) is 9.18 Å². The number of anilines is 1. The molecule has 0 aliphatic heterocycles. The Bertz CT molecular complexity index is 534. The molecular formula is C13H15FN4O. The largest absolute Gasteiger partial charge is 0.399 e. The Morgan fingerprint density at radius 3 is 2.95 bits per heavy atom. The van der Waals surface area contributed by atoms with Crippen LogP contribution in [0.4, 0.5) is 10.1 Å². The highest BCUT2D eigenvalue weighted by molar-refractivity contribution is 5.95. The van der Waals surface area contributed by atoms with E-state index in [1.165, 1.54) is 12.1 Å². The molecule has 19 heavy (non-hydrogen) atoms. The lowest BCUT2D eigenvalue weighted by Crippen LogP contribution is -2.25. The van der Waals surface area contributed by atoms with E-state index in [2.05, 4.69) is 15.3 Å². The Labute approximate surface area is 110 Å². The summed E-state index contributed by atoms with van der Waals surface area (Å²) in [5, 5.41) is 2.71. The van der Waals surface area contributed by atoms with Crippen LogP contribution in [0.15, 0.2) is 30.6 Å². The lowest BCUT2D eigenvalue weighted by atomic mass is 10.2. The summed E-state index contributed by atoms with van der Waals surface area (Å²) in [5.74, 6) is 0.0376. The molecule has 0 bridgehead atoms. The smallest absolute Gasteiger partial charge is 0.251 e. The van der Waals surface area contributed by atoms with Crippen molar-refractivity contribution >= 4 is 11.6 Å². The number of hydrogen-bond donors (Lipinski definition) is 3. The van der Waals surface area contributed by atoms with Crippen LogP contribution in [-0.2, 0) is 6.42 Å². The lowest BCUT2D eigenvalue weighted by Gasteiger charge is -2.05. The maximum Gasteiger partial charge on any atom is 0.251 e. The van der Waals surface area contributed by atoms with Crippen molar-refractivity contribution in [3.63, 3.8) is 0 Å². The van der Waals surface area contributed by atoms with Crippen molar-refractivity contribution in [1.29, 1.82) is 0 Å².